The Morgan fingerprint density at radius 3 is 2.60 bits per heavy atom. The number of halogens is 2. The van der Waals surface area contributed by atoms with Crippen LogP contribution in [0.1, 0.15) is 6.92 Å². The number of benzene rings is 2. The number of rotatable bonds is 4. The Bertz CT molecular complexity index is 601. The molecule has 1 amide bonds. The molecule has 0 aromatic heterocycles. The molecule has 104 valence electrons. The molecule has 0 fully saturated rings. The highest BCUT2D eigenvalue weighted by Crippen LogP contribution is 2.17. The van der Waals surface area contributed by atoms with E-state index in [1.54, 1.807) is 19.1 Å². The highest BCUT2D eigenvalue weighted by molar-refractivity contribution is 9.10. The predicted molar refractivity (Wildman–Crippen MR) is 79.3 cm³/mol. The molecule has 3 nitrogen and oxygen atoms in total. The maximum absolute atomic E-state index is 12.8. The van der Waals surface area contributed by atoms with Gasteiger partial charge in [0.15, 0.2) is 6.10 Å². The van der Waals surface area contributed by atoms with Crippen LogP contribution in [0.4, 0.5) is 10.1 Å². The van der Waals surface area contributed by atoms with E-state index in [1.165, 1.54) is 24.3 Å². The van der Waals surface area contributed by atoms with Gasteiger partial charge in [-0.1, -0.05) is 22.0 Å². The van der Waals surface area contributed by atoms with Crippen LogP contribution < -0.4 is 10.1 Å². The van der Waals surface area contributed by atoms with Crippen molar-refractivity contribution in [3.63, 3.8) is 0 Å². The second-order valence-corrected chi connectivity index (χ2v) is 5.13. The third-order valence-electron chi connectivity index (χ3n) is 2.59. The van der Waals surface area contributed by atoms with Crippen LogP contribution >= 0.6 is 15.9 Å². The second kappa shape index (κ2) is 6.52. The smallest absolute Gasteiger partial charge is 0.265 e. The van der Waals surface area contributed by atoms with Crippen LogP contribution in [0.15, 0.2) is 53.0 Å². The quantitative estimate of drug-likeness (QED) is 0.915. The fourth-order valence-electron chi connectivity index (χ4n) is 1.58. The van der Waals surface area contributed by atoms with Gasteiger partial charge >= 0.3 is 0 Å². The van der Waals surface area contributed by atoms with Gasteiger partial charge in [0.25, 0.3) is 5.91 Å². The van der Waals surface area contributed by atoms with E-state index >= 15 is 0 Å². The number of hydrogen-bond acceptors (Lipinski definition) is 2. The molecule has 0 heterocycles. The van der Waals surface area contributed by atoms with Gasteiger partial charge in [0.05, 0.1) is 0 Å². The standard InChI is InChI=1S/C15H13BrFNO2/c1-10(20-14-7-5-12(17)6-8-14)15(19)18-13-4-2-3-11(16)9-13/h2-10H,1H3,(H,18,19). The van der Waals surface area contributed by atoms with Crippen molar-refractivity contribution < 1.29 is 13.9 Å². The molecule has 0 aliphatic carbocycles. The van der Waals surface area contributed by atoms with E-state index in [-0.39, 0.29) is 11.7 Å². The van der Waals surface area contributed by atoms with E-state index < -0.39 is 6.10 Å². The monoisotopic (exact) mass is 337 g/mol. The first-order chi connectivity index (χ1) is 9.54. The summed E-state index contributed by atoms with van der Waals surface area (Å²) >= 11 is 3.33. The van der Waals surface area contributed by atoms with Crippen LogP contribution in [0, 0.1) is 5.82 Å². The van der Waals surface area contributed by atoms with E-state index in [2.05, 4.69) is 21.2 Å². The highest BCUT2D eigenvalue weighted by atomic mass is 79.9. The fraction of sp³-hybridized carbons (Fsp3) is 0.133. The third-order valence-corrected chi connectivity index (χ3v) is 3.08. The minimum atomic E-state index is -0.681. The molecular weight excluding hydrogens is 325 g/mol. The molecule has 0 spiro atoms. The highest BCUT2D eigenvalue weighted by Gasteiger charge is 2.14. The zero-order chi connectivity index (χ0) is 14.5. The summed E-state index contributed by atoms with van der Waals surface area (Å²) in [6, 6.07) is 12.8. The van der Waals surface area contributed by atoms with Gasteiger partial charge in [0, 0.05) is 10.2 Å². The molecule has 0 aliphatic rings. The van der Waals surface area contributed by atoms with Gasteiger partial charge in [0.1, 0.15) is 11.6 Å². The summed E-state index contributed by atoms with van der Waals surface area (Å²) in [6.45, 7) is 1.64. The summed E-state index contributed by atoms with van der Waals surface area (Å²) in [5.41, 5.74) is 0.680. The maximum atomic E-state index is 12.8. The van der Waals surface area contributed by atoms with Crippen molar-refractivity contribution in [1.29, 1.82) is 0 Å². The number of hydrogen-bond donors (Lipinski definition) is 1. The largest absolute Gasteiger partial charge is 0.481 e. The molecule has 2 rings (SSSR count). The van der Waals surface area contributed by atoms with Crippen LogP contribution in [-0.4, -0.2) is 12.0 Å². The third kappa shape index (κ3) is 4.06. The second-order valence-electron chi connectivity index (χ2n) is 4.21. The van der Waals surface area contributed by atoms with E-state index in [0.717, 1.165) is 4.47 Å². The maximum Gasteiger partial charge on any atom is 0.265 e. The Morgan fingerprint density at radius 2 is 1.95 bits per heavy atom. The SMILES string of the molecule is CC(Oc1ccc(F)cc1)C(=O)Nc1cccc(Br)c1. The number of carbonyl (C=O) groups is 1. The first-order valence-corrected chi connectivity index (χ1v) is 6.82. The number of ether oxygens (including phenoxy) is 1. The van der Waals surface area contributed by atoms with Gasteiger partial charge in [0.2, 0.25) is 0 Å². The predicted octanol–water partition coefficient (Wildman–Crippen LogP) is 3.99. The molecule has 1 atom stereocenters. The lowest BCUT2D eigenvalue weighted by Crippen LogP contribution is -2.30. The average molecular weight is 338 g/mol. The van der Waals surface area contributed by atoms with Gasteiger partial charge in [-0.05, 0) is 49.4 Å². The molecular formula is C15H13BrFNO2. The summed E-state index contributed by atoms with van der Waals surface area (Å²) in [7, 11) is 0. The van der Waals surface area contributed by atoms with Crippen molar-refractivity contribution in [1.82, 2.24) is 0 Å². The van der Waals surface area contributed by atoms with Crippen molar-refractivity contribution in [2.45, 2.75) is 13.0 Å². The van der Waals surface area contributed by atoms with Crippen molar-refractivity contribution in [2.75, 3.05) is 5.32 Å². The Morgan fingerprint density at radius 1 is 1.25 bits per heavy atom. The lowest BCUT2D eigenvalue weighted by atomic mass is 10.3. The Labute approximate surface area is 124 Å². The zero-order valence-electron chi connectivity index (χ0n) is 10.8. The van der Waals surface area contributed by atoms with Crippen molar-refractivity contribution in [3.05, 3.63) is 58.8 Å². The van der Waals surface area contributed by atoms with Gasteiger partial charge in [-0.2, -0.15) is 0 Å². The van der Waals surface area contributed by atoms with Crippen molar-refractivity contribution in [3.8, 4) is 5.75 Å². The lowest BCUT2D eigenvalue weighted by Gasteiger charge is -2.14. The number of amides is 1. The Hall–Kier alpha value is -1.88. The molecule has 5 heteroatoms. The molecule has 0 saturated heterocycles. The van der Waals surface area contributed by atoms with Crippen LogP contribution in [0.5, 0.6) is 5.75 Å². The van der Waals surface area contributed by atoms with Crippen molar-refractivity contribution in [2.24, 2.45) is 0 Å². The van der Waals surface area contributed by atoms with Gasteiger partial charge in [-0.15, -0.1) is 0 Å². The van der Waals surface area contributed by atoms with Gasteiger partial charge in [-0.25, -0.2) is 4.39 Å². The van der Waals surface area contributed by atoms with Gasteiger partial charge in [-0.3, -0.25) is 4.79 Å². The Balaban J connectivity index is 1.96. The molecule has 2 aromatic rings. The number of carbonyl (C=O) groups excluding carboxylic acids is 1. The van der Waals surface area contributed by atoms with Gasteiger partial charge < -0.3 is 10.1 Å². The summed E-state index contributed by atoms with van der Waals surface area (Å²) < 4.78 is 19.1. The summed E-state index contributed by atoms with van der Waals surface area (Å²) in [6.07, 6.45) is -0.681. The molecule has 0 bridgehead atoms. The van der Waals surface area contributed by atoms with Crippen molar-refractivity contribution >= 4 is 27.5 Å². The zero-order valence-corrected chi connectivity index (χ0v) is 12.4. The minimum Gasteiger partial charge on any atom is -0.481 e. The molecule has 20 heavy (non-hydrogen) atoms. The van der Waals surface area contributed by atoms with E-state index in [1.807, 2.05) is 12.1 Å². The first kappa shape index (κ1) is 14.5. The molecule has 2 aromatic carbocycles. The Kier molecular flexibility index (Phi) is 4.74. The molecule has 0 aliphatic heterocycles. The summed E-state index contributed by atoms with van der Waals surface area (Å²) in [4.78, 5) is 12.0. The summed E-state index contributed by atoms with van der Waals surface area (Å²) in [5, 5.41) is 2.75. The van der Waals surface area contributed by atoms with Crippen LogP contribution in [0.25, 0.3) is 0 Å². The lowest BCUT2D eigenvalue weighted by molar-refractivity contribution is -0.122. The normalized spacial score (nSPS) is 11.8. The first-order valence-electron chi connectivity index (χ1n) is 6.03. The molecule has 1 N–H and O–H groups in total. The molecule has 0 radical (unpaired) electrons. The molecule has 1 unspecified atom stereocenters. The average Bonchev–Trinajstić information content (AvgIpc) is 2.41. The molecule has 0 saturated carbocycles. The number of nitrogens with one attached hydrogen (secondary N) is 1. The topological polar surface area (TPSA) is 38.3 Å². The van der Waals surface area contributed by atoms with E-state index in [0.29, 0.717) is 11.4 Å². The van der Waals surface area contributed by atoms with Crippen LogP contribution in [0.3, 0.4) is 0 Å². The summed E-state index contributed by atoms with van der Waals surface area (Å²) in [5.74, 6) is -0.167. The van der Waals surface area contributed by atoms with E-state index in [9.17, 15) is 9.18 Å². The fourth-order valence-corrected chi connectivity index (χ4v) is 1.98. The van der Waals surface area contributed by atoms with Crippen LogP contribution in [0.2, 0.25) is 0 Å². The minimum absolute atomic E-state index is 0.271. The van der Waals surface area contributed by atoms with E-state index in [4.69, 9.17) is 4.74 Å². The van der Waals surface area contributed by atoms with Crippen LogP contribution in [-0.2, 0) is 4.79 Å². The number of anilines is 1.